The minimum atomic E-state index is -0.454. The number of carbonyl (C=O) groups excluding carboxylic acids is 2. The van der Waals surface area contributed by atoms with Crippen molar-refractivity contribution in [1.29, 1.82) is 0 Å². The molecule has 0 fully saturated rings. The number of rotatable bonds is 7. The number of nitrogens with one attached hydrogen (secondary N) is 1. The third kappa shape index (κ3) is 4.51. The molecule has 35 heavy (non-hydrogen) atoms. The Bertz CT molecular complexity index is 1460. The zero-order valence-corrected chi connectivity index (χ0v) is 18.9. The summed E-state index contributed by atoms with van der Waals surface area (Å²) in [5.74, 6) is 0.0262. The molecule has 174 valence electrons. The molecule has 1 N–H and O–H groups in total. The first-order chi connectivity index (χ1) is 17.2. The van der Waals surface area contributed by atoms with Gasteiger partial charge in [0.05, 0.1) is 10.9 Å². The molecule has 6 nitrogen and oxygen atoms in total. The van der Waals surface area contributed by atoms with Crippen LogP contribution in [0.1, 0.15) is 39.4 Å². The largest absolute Gasteiger partial charge is 0.463 e. The highest BCUT2D eigenvalue weighted by molar-refractivity contribution is 5.85. The average molecular weight is 466 g/mol. The SMILES string of the molecule is O=Cc1coc2ccc(C=CCCNC(=O)OCC3c4ccccc4-c4ccccc43)cc2c1=O. The molecule has 1 amide bonds. The van der Waals surface area contributed by atoms with Crippen LogP contribution in [0.2, 0.25) is 0 Å². The van der Waals surface area contributed by atoms with Crippen LogP contribution in [0.5, 0.6) is 0 Å². The summed E-state index contributed by atoms with van der Waals surface area (Å²) in [7, 11) is 0. The van der Waals surface area contributed by atoms with Crippen LogP contribution < -0.4 is 10.7 Å². The average Bonchev–Trinajstić information content (AvgIpc) is 3.21. The van der Waals surface area contributed by atoms with Gasteiger partial charge in [-0.3, -0.25) is 9.59 Å². The van der Waals surface area contributed by atoms with E-state index >= 15 is 0 Å². The molecule has 0 aliphatic heterocycles. The lowest BCUT2D eigenvalue weighted by molar-refractivity contribution is 0.112. The second kappa shape index (κ2) is 9.81. The van der Waals surface area contributed by atoms with E-state index < -0.39 is 6.09 Å². The highest BCUT2D eigenvalue weighted by Gasteiger charge is 2.28. The van der Waals surface area contributed by atoms with Crippen LogP contribution in [0.4, 0.5) is 4.79 Å². The quantitative estimate of drug-likeness (QED) is 0.286. The summed E-state index contributed by atoms with van der Waals surface area (Å²) in [5.41, 5.74) is 5.60. The van der Waals surface area contributed by atoms with Gasteiger partial charge in [-0.25, -0.2) is 4.79 Å². The van der Waals surface area contributed by atoms with Crippen molar-refractivity contribution >= 4 is 29.4 Å². The van der Waals surface area contributed by atoms with E-state index in [2.05, 4.69) is 29.6 Å². The Hall–Kier alpha value is -4.45. The monoisotopic (exact) mass is 465 g/mol. The maximum absolute atomic E-state index is 12.3. The van der Waals surface area contributed by atoms with Gasteiger partial charge in [0, 0.05) is 12.5 Å². The molecule has 0 saturated carbocycles. The summed E-state index contributed by atoms with van der Waals surface area (Å²) in [5, 5.41) is 3.13. The van der Waals surface area contributed by atoms with Gasteiger partial charge in [0.2, 0.25) is 5.43 Å². The molecule has 0 saturated heterocycles. The number of fused-ring (bicyclic) bond motifs is 4. The van der Waals surface area contributed by atoms with Crippen LogP contribution in [0, 0.1) is 0 Å². The van der Waals surface area contributed by atoms with E-state index in [4.69, 9.17) is 9.15 Å². The fraction of sp³-hybridized carbons (Fsp3) is 0.138. The second-order valence-electron chi connectivity index (χ2n) is 8.34. The predicted octanol–water partition coefficient (Wildman–Crippen LogP) is 5.55. The molecule has 4 aromatic rings. The first-order valence-corrected chi connectivity index (χ1v) is 11.4. The molecule has 1 aliphatic rings. The molecule has 6 heteroatoms. The predicted molar refractivity (Wildman–Crippen MR) is 135 cm³/mol. The van der Waals surface area contributed by atoms with Crippen LogP contribution in [0.25, 0.3) is 28.2 Å². The Morgan fingerprint density at radius 1 is 1.00 bits per heavy atom. The molecule has 3 aromatic carbocycles. The van der Waals surface area contributed by atoms with Crippen molar-refractivity contribution in [2.24, 2.45) is 0 Å². The molecule has 1 aliphatic carbocycles. The molecule has 0 unspecified atom stereocenters. The van der Waals surface area contributed by atoms with Crippen molar-refractivity contribution in [2.45, 2.75) is 12.3 Å². The minimum absolute atomic E-state index is 0.00841. The molecule has 1 aromatic heterocycles. The maximum atomic E-state index is 12.3. The number of ether oxygens (including phenoxy) is 1. The molecule has 1 heterocycles. The van der Waals surface area contributed by atoms with Gasteiger partial charge in [-0.05, 0) is 46.4 Å². The van der Waals surface area contributed by atoms with E-state index in [0.717, 1.165) is 5.56 Å². The van der Waals surface area contributed by atoms with Crippen molar-refractivity contribution < 1.29 is 18.7 Å². The van der Waals surface area contributed by atoms with Crippen molar-refractivity contribution in [3.63, 3.8) is 0 Å². The van der Waals surface area contributed by atoms with E-state index in [1.165, 1.54) is 28.5 Å². The Kier molecular flexibility index (Phi) is 6.26. The van der Waals surface area contributed by atoms with Crippen LogP contribution in [0.15, 0.2) is 88.3 Å². The summed E-state index contributed by atoms with van der Waals surface area (Å²) in [6.07, 6.45) is 5.54. The van der Waals surface area contributed by atoms with Crippen molar-refractivity contribution in [2.75, 3.05) is 13.2 Å². The summed E-state index contributed by atoms with van der Waals surface area (Å²) < 4.78 is 10.9. The third-order valence-electron chi connectivity index (χ3n) is 6.18. The molecule has 5 rings (SSSR count). The summed E-state index contributed by atoms with van der Waals surface area (Å²) in [4.78, 5) is 35.5. The highest BCUT2D eigenvalue weighted by atomic mass is 16.5. The number of aldehydes is 1. The number of carbonyl (C=O) groups is 2. The van der Waals surface area contributed by atoms with Gasteiger partial charge < -0.3 is 14.5 Å². The Balaban J connectivity index is 1.14. The van der Waals surface area contributed by atoms with Gasteiger partial charge in [-0.1, -0.05) is 66.7 Å². The Morgan fingerprint density at radius 3 is 2.43 bits per heavy atom. The van der Waals surface area contributed by atoms with Gasteiger partial charge in [0.1, 0.15) is 18.5 Å². The number of benzene rings is 3. The van der Waals surface area contributed by atoms with Gasteiger partial charge >= 0.3 is 6.09 Å². The van der Waals surface area contributed by atoms with Gasteiger partial charge in [-0.2, -0.15) is 0 Å². The van der Waals surface area contributed by atoms with Gasteiger partial charge in [0.15, 0.2) is 6.29 Å². The van der Waals surface area contributed by atoms with Crippen LogP contribution in [-0.4, -0.2) is 25.5 Å². The standard InChI is InChI=1S/C29H23NO5/c31-16-20-17-34-27-13-12-19(15-25(27)28(20)32)7-5-6-14-30-29(33)35-18-26-23-10-3-1-8-21(23)22-9-2-4-11-24(22)26/h1-5,7-13,15-17,26H,6,14,18H2,(H,30,33). The number of hydrogen-bond donors (Lipinski definition) is 1. The van der Waals surface area contributed by atoms with Crippen LogP contribution in [-0.2, 0) is 4.74 Å². The zero-order chi connectivity index (χ0) is 24.2. The maximum Gasteiger partial charge on any atom is 0.407 e. The molecule has 0 radical (unpaired) electrons. The molecular weight excluding hydrogens is 442 g/mol. The molecule has 0 atom stereocenters. The minimum Gasteiger partial charge on any atom is -0.463 e. The third-order valence-corrected chi connectivity index (χ3v) is 6.18. The summed E-state index contributed by atoms with van der Waals surface area (Å²) in [6.45, 7) is 0.691. The Morgan fingerprint density at radius 2 is 1.71 bits per heavy atom. The number of alkyl carbamates (subject to hydrolysis) is 1. The van der Waals surface area contributed by atoms with Gasteiger partial charge in [0.25, 0.3) is 0 Å². The molecule has 0 bridgehead atoms. The molecule has 0 spiro atoms. The highest BCUT2D eigenvalue weighted by Crippen LogP contribution is 2.44. The molecular formula is C29H23NO5. The topological polar surface area (TPSA) is 85.6 Å². The zero-order valence-electron chi connectivity index (χ0n) is 18.9. The van der Waals surface area contributed by atoms with E-state index in [0.29, 0.717) is 30.2 Å². The lowest BCUT2D eigenvalue weighted by atomic mass is 9.98. The van der Waals surface area contributed by atoms with Crippen molar-refractivity contribution in [1.82, 2.24) is 5.32 Å². The first-order valence-electron chi connectivity index (χ1n) is 11.4. The smallest absolute Gasteiger partial charge is 0.407 e. The van der Waals surface area contributed by atoms with Crippen LogP contribution in [0.3, 0.4) is 0 Å². The fourth-order valence-electron chi connectivity index (χ4n) is 4.48. The summed E-state index contributed by atoms with van der Waals surface area (Å²) in [6, 6.07) is 21.6. The van der Waals surface area contributed by atoms with Crippen molar-refractivity contribution in [3.8, 4) is 11.1 Å². The van der Waals surface area contributed by atoms with Crippen molar-refractivity contribution in [3.05, 3.63) is 112 Å². The summed E-state index contributed by atoms with van der Waals surface area (Å²) >= 11 is 0. The van der Waals surface area contributed by atoms with E-state index in [-0.39, 0.29) is 23.5 Å². The first kappa shape index (κ1) is 22.3. The second-order valence-corrected chi connectivity index (χ2v) is 8.34. The van der Waals surface area contributed by atoms with E-state index in [1.807, 2.05) is 42.5 Å². The lowest BCUT2D eigenvalue weighted by Crippen LogP contribution is -2.26. The number of amides is 1. The Labute approximate surface area is 201 Å². The fourth-order valence-corrected chi connectivity index (χ4v) is 4.48. The van der Waals surface area contributed by atoms with Crippen LogP contribution >= 0.6 is 0 Å². The lowest BCUT2D eigenvalue weighted by Gasteiger charge is -2.14. The van der Waals surface area contributed by atoms with E-state index in [1.54, 1.807) is 12.1 Å². The van der Waals surface area contributed by atoms with Gasteiger partial charge in [-0.15, -0.1) is 0 Å². The van der Waals surface area contributed by atoms with E-state index in [9.17, 15) is 14.4 Å². The number of hydrogen-bond acceptors (Lipinski definition) is 5. The normalized spacial score (nSPS) is 12.5.